The molecule has 0 atom stereocenters. The zero-order valence-corrected chi connectivity index (χ0v) is 26.0. The molecule has 2 N–H and O–H groups in total. The molecule has 1 aromatic rings. The first-order valence-corrected chi connectivity index (χ1v) is 17.1. The van der Waals surface area contributed by atoms with Crippen LogP contribution in [0.1, 0.15) is 178 Å². The summed E-state index contributed by atoms with van der Waals surface area (Å²) in [5.74, 6) is -1.35. The van der Waals surface area contributed by atoms with E-state index in [0.717, 1.165) is 44.9 Å². The van der Waals surface area contributed by atoms with Gasteiger partial charge in [-0.15, -0.1) is 0 Å². The molecule has 0 fully saturated rings. The molecule has 4 heteroatoms. The normalized spacial score (nSPS) is 11.2. The van der Waals surface area contributed by atoms with Crippen LogP contribution in [0.5, 0.6) is 0 Å². The highest BCUT2D eigenvalue weighted by molar-refractivity contribution is 5.66. The highest BCUT2D eigenvalue weighted by Gasteiger charge is 2.09. The number of rotatable bonds is 29. The Morgan fingerprint density at radius 3 is 1.18 bits per heavy atom. The predicted octanol–water partition coefficient (Wildman–Crippen LogP) is 10.9. The summed E-state index contributed by atoms with van der Waals surface area (Å²) in [6.07, 6.45) is 31.2. The van der Waals surface area contributed by atoms with Crippen LogP contribution in [-0.2, 0) is 28.9 Å². The third-order valence-corrected chi connectivity index (χ3v) is 8.32. The number of unbranched alkanes of at least 4 members (excludes halogenated alkanes) is 19. The molecule has 40 heavy (non-hydrogen) atoms. The average molecular weight is 559 g/mol. The largest absolute Gasteiger partial charge is 0.481 e. The van der Waals surface area contributed by atoms with Crippen molar-refractivity contribution in [1.82, 2.24) is 0 Å². The molecule has 0 amide bonds. The van der Waals surface area contributed by atoms with Gasteiger partial charge >= 0.3 is 11.9 Å². The average Bonchev–Trinajstić information content (AvgIpc) is 2.93. The molecular formula is C36H62O4. The lowest BCUT2D eigenvalue weighted by Gasteiger charge is -2.16. The summed E-state index contributed by atoms with van der Waals surface area (Å²) in [5, 5.41) is 17.6. The van der Waals surface area contributed by atoms with Crippen LogP contribution in [0.25, 0.3) is 0 Å². The van der Waals surface area contributed by atoms with Crippen molar-refractivity contribution < 1.29 is 19.8 Å². The Labute approximate surface area is 246 Å². The van der Waals surface area contributed by atoms with Crippen LogP contribution in [-0.4, -0.2) is 22.2 Å². The lowest BCUT2D eigenvalue weighted by atomic mass is 9.90. The zero-order chi connectivity index (χ0) is 29.1. The highest BCUT2D eigenvalue weighted by Crippen LogP contribution is 2.24. The van der Waals surface area contributed by atoms with Gasteiger partial charge in [0.25, 0.3) is 0 Å². The van der Waals surface area contributed by atoms with Gasteiger partial charge in [-0.1, -0.05) is 134 Å². The van der Waals surface area contributed by atoms with E-state index in [1.807, 2.05) is 0 Å². The molecule has 0 saturated heterocycles. The van der Waals surface area contributed by atoms with E-state index in [0.29, 0.717) is 12.8 Å². The number of aliphatic carboxylic acids is 2. The fourth-order valence-corrected chi connectivity index (χ4v) is 5.86. The molecule has 0 spiro atoms. The Hall–Kier alpha value is -1.84. The molecule has 0 unspecified atom stereocenters. The monoisotopic (exact) mass is 558 g/mol. The summed E-state index contributed by atoms with van der Waals surface area (Å²) in [4.78, 5) is 21.4. The number of carboxylic acid groups (broad SMARTS) is 2. The highest BCUT2D eigenvalue weighted by atomic mass is 16.4. The first-order valence-electron chi connectivity index (χ1n) is 17.1. The maximum atomic E-state index is 10.7. The molecular weight excluding hydrogens is 496 g/mol. The fraction of sp³-hybridized carbons (Fsp3) is 0.778. The van der Waals surface area contributed by atoms with Crippen molar-refractivity contribution in [2.45, 2.75) is 180 Å². The summed E-state index contributed by atoms with van der Waals surface area (Å²) >= 11 is 0. The Balaban J connectivity index is 2.46. The van der Waals surface area contributed by atoms with E-state index in [-0.39, 0.29) is 0 Å². The number of aryl methyl sites for hydroxylation is 2. The topological polar surface area (TPSA) is 74.6 Å². The van der Waals surface area contributed by atoms with Crippen molar-refractivity contribution in [2.24, 2.45) is 0 Å². The molecule has 1 aromatic carbocycles. The minimum Gasteiger partial charge on any atom is -0.481 e. The van der Waals surface area contributed by atoms with E-state index in [9.17, 15) is 9.59 Å². The molecule has 0 aromatic heterocycles. The lowest BCUT2D eigenvalue weighted by Crippen LogP contribution is -2.02. The van der Waals surface area contributed by atoms with Crippen molar-refractivity contribution in [3.63, 3.8) is 0 Å². The van der Waals surface area contributed by atoms with Gasteiger partial charge < -0.3 is 10.2 Å². The first kappa shape index (κ1) is 36.2. The lowest BCUT2D eigenvalue weighted by molar-refractivity contribution is -0.138. The molecule has 0 aliphatic rings. The van der Waals surface area contributed by atoms with Crippen LogP contribution in [0.3, 0.4) is 0 Å². The SMILES string of the molecule is CCCCCCCCCCCCc1cccc(CCCCCCCCC(=O)O)c1CCCCCCCCC(=O)O. The maximum Gasteiger partial charge on any atom is 0.303 e. The third kappa shape index (κ3) is 21.0. The van der Waals surface area contributed by atoms with Crippen molar-refractivity contribution in [1.29, 1.82) is 0 Å². The van der Waals surface area contributed by atoms with Crippen molar-refractivity contribution in [3.05, 3.63) is 34.9 Å². The van der Waals surface area contributed by atoms with Gasteiger partial charge in [0.2, 0.25) is 0 Å². The van der Waals surface area contributed by atoms with Crippen LogP contribution in [0.4, 0.5) is 0 Å². The zero-order valence-electron chi connectivity index (χ0n) is 26.0. The first-order chi connectivity index (χ1) is 19.5. The van der Waals surface area contributed by atoms with Gasteiger partial charge in [0.05, 0.1) is 0 Å². The number of hydrogen-bond acceptors (Lipinski definition) is 2. The number of benzene rings is 1. The molecule has 0 aliphatic carbocycles. The Morgan fingerprint density at radius 1 is 0.475 bits per heavy atom. The molecule has 0 heterocycles. The summed E-state index contributed by atoms with van der Waals surface area (Å²) in [7, 11) is 0. The van der Waals surface area contributed by atoms with Crippen LogP contribution in [0.2, 0.25) is 0 Å². The Kier molecular flexibility index (Phi) is 23.6. The molecule has 230 valence electrons. The van der Waals surface area contributed by atoms with Gasteiger partial charge in [0, 0.05) is 12.8 Å². The summed E-state index contributed by atoms with van der Waals surface area (Å²) < 4.78 is 0. The second-order valence-electron chi connectivity index (χ2n) is 12.0. The summed E-state index contributed by atoms with van der Waals surface area (Å²) in [5.41, 5.74) is 4.75. The molecule has 0 bridgehead atoms. The fourth-order valence-electron chi connectivity index (χ4n) is 5.86. The van der Waals surface area contributed by atoms with E-state index in [1.54, 1.807) is 16.7 Å². The maximum absolute atomic E-state index is 10.7. The summed E-state index contributed by atoms with van der Waals surface area (Å²) in [6.45, 7) is 2.28. The van der Waals surface area contributed by atoms with E-state index < -0.39 is 11.9 Å². The van der Waals surface area contributed by atoms with E-state index in [1.165, 1.54) is 116 Å². The van der Waals surface area contributed by atoms with E-state index in [4.69, 9.17) is 10.2 Å². The molecule has 0 aliphatic heterocycles. The predicted molar refractivity (Wildman–Crippen MR) is 169 cm³/mol. The number of carboxylic acids is 2. The quantitative estimate of drug-likeness (QED) is 0.0959. The molecule has 1 rings (SSSR count). The van der Waals surface area contributed by atoms with Gasteiger partial charge in [-0.05, 0) is 68.1 Å². The van der Waals surface area contributed by atoms with Gasteiger partial charge in [-0.2, -0.15) is 0 Å². The second-order valence-corrected chi connectivity index (χ2v) is 12.0. The van der Waals surface area contributed by atoms with Gasteiger partial charge in [-0.3, -0.25) is 9.59 Å². The van der Waals surface area contributed by atoms with Crippen molar-refractivity contribution in [2.75, 3.05) is 0 Å². The van der Waals surface area contributed by atoms with Gasteiger partial charge in [-0.25, -0.2) is 0 Å². The third-order valence-electron chi connectivity index (χ3n) is 8.32. The molecule has 0 saturated carbocycles. The Bertz CT molecular complexity index is 757. The Morgan fingerprint density at radius 2 is 0.800 bits per heavy atom. The van der Waals surface area contributed by atoms with Crippen LogP contribution in [0.15, 0.2) is 18.2 Å². The van der Waals surface area contributed by atoms with E-state index in [2.05, 4.69) is 25.1 Å². The minimum absolute atomic E-state index is 0.303. The minimum atomic E-state index is -0.677. The second kappa shape index (κ2) is 26.1. The standard InChI is InChI=1S/C36H62O4/c1-2-3-4-5-6-7-8-9-14-19-25-32-27-24-28-33(26-20-15-10-12-17-22-30-35(37)38)34(32)29-21-16-11-13-18-23-31-36(39)40/h24,27-28H,2-23,25-26,29-31H2,1H3,(H,37,38)(H,39,40). The number of carbonyl (C=O) groups is 2. The van der Waals surface area contributed by atoms with Crippen LogP contribution in [0, 0.1) is 0 Å². The van der Waals surface area contributed by atoms with E-state index >= 15 is 0 Å². The van der Waals surface area contributed by atoms with Crippen LogP contribution < -0.4 is 0 Å². The summed E-state index contributed by atoms with van der Waals surface area (Å²) in [6, 6.07) is 7.01. The molecule has 0 radical (unpaired) electrons. The number of hydrogen-bond donors (Lipinski definition) is 2. The van der Waals surface area contributed by atoms with Gasteiger partial charge in [0.15, 0.2) is 0 Å². The van der Waals surface area contributed by atoms with Gasteiger partial charge in [0.1, 0.15) is 0 Å². The molecule has 4 nitrogen and oxygen atoms in total. The van der Waals surface area contributed by atoms with Crippen LogP contribution >= 0.6 is 0 Å². The smallest absolute Gasteiger partial charge is 0.303 e. The van der Waals surface area contributed by atoms with Crippen molar-refractivity contribution in [3.8, 4) is 0 Å². The van der Waals surface area contributed by atoms with Crippen molar-refractivity contribution >= 4 is 11.9 Å².